The lowest BCUT2D eigenvalue weighted by Crippen LogP contribution is -2.20. The first kappa shape index (κ1) is 10.3. The van der Waals surface area contributed by atoms with E-state index >= 15 is 0 Å². The summed E-state index contributed by atoms with van der Waals surface area (Å²) in [6, 6.07) is 3.66. The normalized spacial score (nSPS) is 9.50. The Kier molecular flexibility index (Phi) is 3.29. The minimum absolute atomic E-state index is 0.464. The lowest BCUT2D eigenvalue weighted by molar-refractivity contribution is 0.839. The van der Waals surface area contributed by atoms with E-state index < -0.39 is 0 Å². The van der Waals surface area contributed by atoms with E-state index in [1.807, 2.05) is 18.0 Å². The minimum atomic E-state index is 0.464. The summed E-state index contributed by atoms with van der Waals surface area (Å²) in [5, 5.41) is 8.78. The van der Waals surface area contributed by atoms with E-state index in [0.717, 1.165) is 13.0 Å². The predicted octanol–water partition coefficient (Wildman–Crippen LogP) is 1.38. The summed E-state index contributed by atoms with van der Waals surface area (Å²) in [4.78, 5) is 6.11. The molecule has 4 nitrogen and oxygen atoms in total. The molecule has 1 rings (SSSR count). The maximum atomic E-state index is 8.78. The topological polar surface area (TPSA) is 65.9 Å². The van der Waals surface area contributed by atoms with Gasteiger partial charge in [-0.25, -0.2) is 4.98 Å². The summed E-state index contributed by atoms with van der Waals surface area (Å²) in [6.45, 7) is 2.97. The highest BCUT2D eigenvalue weighted by atomic mass is 15.2. The first-order valence-corrected chi connectivity index (χ1v) is 4.56. The van der Waals surface area contributed by atoms with Crippen molar-refractivity contribution in [1.29, 1.82) is 5.26 Å². The van der Waals surface area contributed by atoms with E-state index in [1.165, 1.54) is 0 Å². The van der Waals surface area contributed by atoms with E-state index in [1.54, 1.807) is 12.3 Å². The summed E-state index contributed by atoms with van der Waals surface area (Å²) < 4.78 is 0. The molecule has 74 valence electrons. The van der Waals surface area contributed by atoms with Crippen LogP contribution in [0, 0.1) is 11.3 Å². The highest BCUT2D eigenvalue weighted by Gasteiger charge is 2.09. The summed E-state index contributed by atoms with van der Waals surface area (Å²) >= 11 is 0. The number of pyridine rings is 1. The molecule has 0 saturated heterocycles. The molecule has 0 atom stereocenters. The number of nitrogens with two attached hydrogens (primary N) is 1. The second-order valence-electron chi connectivity index (χ2n) is 3.13. The van der Waals surface area contributed by atoms with Crippen LogP contribution in [0.1, 0.15) is 18.9 Å². The second-order valence-corrected chi connectivity index (χ2v) is 3.13. The zero-order valence-electron chi connectivity index (χ0n) is 8.49. The third-order valence-electron chi connectivity index (χ3n) is 2.01. The van der Waals surface area contributed by atoms with Gasteiger partial charge in [0.1, 0.15) is 6.07 Å². The number of hydrogen-bond donors (Lipinski definition) is 1. The van der Waals surface area contributed by atoms with Crippen molar-refractivity contribution in [1.82, 2.24) is 4.98 Å². The largest absolute Gasteiger partial charge is 0.395 e. The van der Waals surface area contributed by atoms with E-state index in [0.29, 0.717) is 17.1 Å². The van der Waals surface area contributed by atoms with Gasteiger partial charge in [-0.2, -0.15) is 5.26 Å². The Morgan fingerprint density at radius 3 is 2.93 bits per heavy atom. The van der Waals surface area contributed by atoms with Crippen molar-refractivity contribution in [3.05, 3.63) is 17.8 Å². The predicted molar refractivity (Wildman–Crippen MR) is 56.9 cm³/mol. The van der Waals surface area contributed by atoms with Gasteiger partial charge in [0.2, 0.25) is 0 Å². The summed E-state index contributed by atoms with van der Waals surface area (Å²) in [7, 11) is 1.92. The van der Waals surface area contributed by atoms with Crippen LogP contribution in [0.5, 0.6) is 0 Å². The number of rotatable bonds is 3. The highest BCUT2D eigenvalue weighted by Crippen LogP contribution is 2.22. The van der Waals surface area contributed by atoms with Crippen LogP contribution in [-0.2, 0) is 0 Å². The Hall–Kier alpha value is -1.76. The quantitative estimate of drug-likeness (QED) is 0.782. The molecule has 1 aromatic heterocycles. The average Bonchev–Trinajstić information content (AvgIpc) is 2.18. The molecule has 2 N–H and O–H groups in total. The first-order valence-electron chi connectivity index (χ1n) is 4.56. The van der Waals surface area contributed by atoms with Gasteiger partial charge in [-0.15, -0.1) is 0 Å². The van der Waals surface area contributed by atoms with Crippen LogP contribution in [0.15, 0.2) is 12.3 Å². The van der Waals surface area contributed by atoms with Crippen molar-refractivity contribution in [2.75, 3.05) is 24.2 Å². The van der Waals surface area contributed by atoms with Crippen LogP contribution in [0.2, 0.25) is 0 Å². The third kappa shape index (κ3) is 1.94. The van der Waals surface area contributed by atoms with Crippen molar-refractivity contribution in [3.8, 4) is 6.07 Å². The van der Waals surface area contributed by atoms with Gasteiger partial charge in [0, 0.05) is 19.8 Å². The van der Waals surface area contributed by atoms with E-state index in [4.69, 9.17) is 11.0 Å². The van der Waals surface area contributed by atoms with Crippen molar-refractivity contribution in [2.24, 2.45) is 0 Å². The van der Waals surface area contributed by atoms with Crippen molar-refractivity contribution in [2.45, 2.75) is 13.3 Å². The molecule has 1 heterocycles. The maximum Gasteiger partial charge on any atom is 0.152 e. The van der Waals surface area contributed by atoms with Crippen LogP contribution in [0.4, 0.5) is 11.5 Å². The molecule has 0 bridgehead atoms. The van der Waals surface area contributed by atoms with Crippen molar-refractivity contribution >= 4 is 11.5 Å². The molecule has 0 amide bonds. The van der Waals surface area contributed by atoms with Crippen LogP contribution < -0.4 is 10.6 Å². The number of nitrogen functional groups attached to an aromatic ring is 1. The molecule has 0 aliphatic rings. The van der Waals surface area contributed by atoms with Crippen LogP contribution in [-0.4, -0.2) is 18.6 Å². The van der Waals surface area contributed by atoms with Gasteiger partial charge in [0.15, 0.2) is 5.82 Å². The Labute approximate surface area is 84.0 Å². The molecule has 1 aromatic rings. The fourth-order valence-electron chi connectivity index (χ4n) is 1.31. The number of nitrogens with zero attached hydrogens (tertiary/aromatic N) is 3. The number of anilines is 2. The molecule has 0 saturated carbocycles. The maximum absolute atomic E-state index is 8.78. The Bertz CT molecular complexity index is 354. The molecule has 0 aliphatic carbocycles. The SMILES string of the molecule is CCCN(C)c1nccc(C#N)c1N. The number of hydrogen-bond acceptors (Lipinski definition) is 4. The summed E-state index contributed by atoms with van der Waals surface area (Å²) in [6.07, 6.45) is 2.63. The van der Waals surface area contributed by atoms with E-state index in [2.05, 4.69) is 11.9 Å². The van der Waals surface area contributed by atoms with Gasteiger partial charge in [0.05, 0.1) is 11.3 Å². The Balaban J connectivity index is 3.04. The third-order valence-corrected chi connectivity index (χ3v) is 2.01. The van der Waals surface area contributed by atoms with Crippen molar-refractivity contribution in [3.63, 3.8) is 0 Å². The monoisotopic (exact) mass is 190 g/mol. The van der Waals surface area contributed by atoms with Crippen molar-refractivity contribution < 1.29 is 0 Å². The van der Waals surface area contributed by atoms with Gasteiger partial charge >= 0.3 is 0 Å². The molecule has 0 radical (unpaired) electrons. The number of aromatic nitrogens is 1. The number of nitriles is 1. The van der Waals surface area contributed by atoms with Crippen LogP contribution >= 0.6 is 0 Å². The summed E-state index contributed by atoms with van der Waals surface area (Å²) in [5.41, 5.74) is 6.75. The first-order chi connectivity index (χ1) is 6.70. The fourth-order valence-corrected chi connectivity index (χ4v) is 1.31. The Morgan fingerprint density at radius 1 is 1.64 bits per heavy atom. The molecule has 0 aliphatic heterocycles. The fraction of sp³-hybridized carbons (Fsp3) is 0.400. The second kappa shape index (κ2) is 4.47. The van der Waals surface area contributed by atoms with Gasteiger partial charge in [-0.3, -0.25) is 0 Å². The van der Waals surface area contributed by atoms with E-state index in [9.17, 15) is 0 Å². The minimum Gasteiger partial charge on any atom is -0.395 e. The highest BCUT2D eigenvalue weighted by molar-refractivity contribution is 5.69. The van der Waals surface area contributed by atoms with Crippen LogP contribution in [0.25, 0.3) is 0 Å². The van der Waals surface area contributed by atoms with Gasteiger partial charge < -0.3 is 10.6 Å². The standard InChI is InChI=1S/C10H14N4/c1-3-6-14(2)10-9(12)8(7-11)4-5-13-10/h4-5H,3,6,12H2,1-2H3. The molecule has 14 heavy (non-hydrogen) atoms. The molecule has 0 aromatic carbocycles. The van der Waals surface area contributed by atoms with Gasteiger partial charge in [0.25, 0.3) is 0 Å². The zero-order valence-corrected chi connectivity index (χ0v) is 8.49. The lowest BCUT2D eigenvalue weighted by atomic mass is 10.2. The molecule has 0 fully saturated rings. The molecule has 0 spiro atoms. The smallest absolute Gasteiger partial charge is 0.152 e. The lowest BCUT2D eigenvalue weighted by Gasteiger charge is -2.18. The zero-order chi connectivity index (χ0) is 10.6. The van der Waals surface area contributed by atoms with Crippen LogP contribution in [0.3, 0.4) is 0 Å². The Morgan fingerprint density at radius 2 is 2.36 bits per heavy atom. The van der Waals surface area contributed by atoms with Gasteiger partial charge in [-0.05, 0) is 12.5 Å². The molecular weight excluding hydrogens is 176 g/mol. The molecular formula is C10H14N4. The average molecular weight is 190 g/mol. The van der Waals surface area contributed by atoms with Gasteiger partial charge in [-0.1, -0.05) is 6.92 Å². The molecule has 0 unspecified atom stereocenters. The van der Waals surface area contributed by atoms with E-state index in [-0.39, 0.29) is 0 Å². The summed E-state index contributed by atoms with van der Waals surface area (Å²) in [5.74, 6) is 0.686. The molecule has 4 heteroatoms.